The van der Waals surface area contributed by atoms with E-state index in [4.69, 9.17) is 4.74 Å². The molecule has 0 bridgehead atoms. The molecule has 0 N–H and O–H groups in total. The largest absolute Gasteiger partial charge is 0.473 e. The summed E-state index contributed by atoms with van der Waals surface area (Å²) in [6.07, 6.45) is 2.21. The van der Waals surface area contributed by atoms with Crippen molar-refractivity contribution in [1.82, 2.24) is 4.98 Å². The van der Waals surface area contributed by atoms with Crippen LogP contribution in [0.3, 0.4) is 0 Å². The van der Waals surface area contributed by atoms with E-state index in [1.54, 1.807) is 6.20 Å². The number of hydrogen-bond acceptors (Lipinski definition) is 4. The van der Waals surface area contributed by atoms with Gasteiger partial charge in [-0.3, -0.25) is 10.1 Å². The molecule has 0 saturated carbocycles. The highest BCUT2D eigenvalue weighted by molar-refractivity contribution is 5.23. The van der Waals surface area contributed by atoms with E-state index in [-0.39, 0.29) is 11.5 Å². The van der Waals surface area contributed by atoms with Crippen LogP contribution in [0, 0.1) is 17.0 Å². The molecule has 20 heavy (non-hydrogen) atoms. The Kier molecular flexibility index (Phi) is 4.65. The Bertz CT molecular complexity index is 565. The number of nitrogens with zero attached hydrogens (tertiary/aromatic N) is 2. The quantitative estimate of drug-likeness (QED) is 0.599. The number of benzene rings is 1. The molecule has 0 amide bonds. The number of nitro groups is 1. The molecule has 1 heterocycles. The normalized spacial score (nSPS) is 10.2. The van der Waals surface area contributed by atoms with Crippen LogP contribution in [0.1, 0.15) is 16.7 Å². The fourth-order valence-electron chi connectivity index (χ4n) is 1.72. The maximum Gasteiger partial charge on any atom is 0.213 e. The number of rotatable bonds is 6. The third-order valence-corrected chi connectivity index (χ3v) is 2.88. The summed E-state index contributed by atoms with van der Waals surface area (Å²) in [6, 6.07) is 11.4. The molecule has 0 aliphatic rings. The van der Waals surface area contributed by atoms with Crippen molar-refractivity contribution in [2.75, 3.05) is 6.54 Å². The third kappa shape index (κ3) is 4.35. The van der Waals surface area contributed by atoms with E-state index in [1.165, 1.54) is 0 Å². The van der Waals surface area contributed by atoms with E-state index < -0.39 is 0 Å². The maximum atomic E-state index is 10.3. The Morgan fingerprint density at radius 1 is 1.15 bits per heavy atom. The number of pyridine rings is 1. The molecule has 104 valence electrons. The fraction of sp³-hybridized carbons (Fsp3) is 0.267. The average molecular weight is 272 g/mol. The van der Waals surface area contributed by atoms with Crippen LogP contribution in [0.25, 0.3) is 0 Å². The minimum absolute atomic E-state index is 0.0386. The van der Waals surface area contributed by atoms with E-state index in [0.29, 0.717) is 18.9 Å². The van der Waals surface area contributed by atoms with Crippen molar-refractivity contribution in [1.29, 1.82) is 0 Å². The summed E-state index contributed by atoms with van der Waals surface area (Å²) in [5.74, 6) is 0.591. The molecule has 0 spiro atoms. The molecule has 0 atom stereocenters. The lowest BCUT2D eigenvalue weighted by molar-refractivity contribution is -0.479. The van der Waals surface area contributed by atoms with Gasteiger partial charge in [-0.2, -0.15) is 0 Å². The van der Waals surface area contributed by atoms with Crippen molar-refractivity contribution >= 4 is 0 Å². The Balaban J connectivity index is 1.87. The SMILES string of the molecule is Cc1ccc(OCc2ccc(CC[N+](=O)[O-])cc2)nc1. The van der Waals surface area contributed by atoms with Crippen LogP contribution in [-0.4, -0.2) is 16.5 Å². The van der Waals surface area contributed by atoms with Gasteiger partial charge >= 0.3 is 0 Å². The highest BCUT2D eigenvalue weighted by Gasteiger charge is 2.01. The van der Waals surface area contributed by atoms with E-state index in [2.05, 4.69) is 4.98 Å². The lowest BCUT2D eigenvalue weighted by Gasteiger charge is -2.06. The van der Waals surface area contributed by atoms with Gasteiger partial charge in [0.15, 0.2) is 0 Å². The van der Waals surface area contributed by atoms with Crippen LogP contribution in [-0.2, 0) is 13.0 Å². The predicted molar refractivity (Wildman–Crippen MR) is 75.3 cm³/mol. The average Bonchev–Trinajstić information content (AvgIpc) is 2.45. The molecular formula is C15H16N2O3. The first kappa shape index (κ1) is 14.0. The van der Waals surface area contributed by atoms with Crippen molar-refractivity contribution in [2.45, 2.75) is 20.0 Å². The van der Waals surface area contributed by atoms with Gasteiger partial charge in [-0.25, -0.2) is 4.98 Å². The molecule has 0 fully saturated rings. The number of hydrogen-bond donors (Lipinski definition) is 0. The Morgan fingerprint density at radius 3 is 2.45 bits per heavy atom. The summed E-state index contributed by atoms with van der Waals surface area (Å²) in [5.41, 5.74) is 3.06. The highest BCUT2D eigenvalue weighted by atomic mass is 16.6. The molecule has 0 saturated heterocycles. The standard InChI is InChI=1S/C15H16N2O3/c1-12-2-7-15(16-10-12)20-11-14-5-3-13(4-6-14)8-9-17(18)19/h2-7,10H,8-9,11H2,1H3. The van der Waals surface area contributed by atoms with Gasteiger partial charge in [-0.05, 0) is 23.6 Å². The van der Waals surface area contributed by atoms with E-state index in [1.807, 2.05) is 43.3 Å². The minimum Gasteiger partial charge on any atom is -0.473 e. The van der Waals surface area contributed by atoms with Crippen LogP contribution in [0.4, 0.5) is 0 Å². The van der Waals surface area contributed by atoms with E-state index in [0.717, 1.165) is 16.7 Å². The molecular weight excluding hydrogens is 256 g/mol. The molecule has 1 aromatic carbocycles. The minimum atomic E-state index is -0.305. The van der Waals surface area contributed by atoms with Crippen LogP contribution < -0.4 is 4.74 Å². The first-order valence-electron chi connectivity index (χ1n) is 6.38. The molecule has 5 nitrogen and oxygen atoms in total. The van der Waals surface area contributed by atoms with Gasteiger partial charge < -0.3 is 4.74 Å². The van der Waals surface area contributed by atoms with E-state index >= 15 is 0 Å². The zero-order valence-corrected chi connectivity index (χ0v) is 11.3. The highest BCUT2D eigenvalue weighted by Crippen LogP contribution is 2.11. The number of ether oxygens (including phenoxy) is 1. The predicted octanol–water partition coefficient (Wildman–Crippen LogP) is 2.79. The topological polar surface area (TPSA) is 65.3 Å². The molecule has 1 aromatic heterocycles. The maximum absolute atomic E-state index is 10.3. The zero-order chi connectivity index (χ0) is 14.4. The van der Waals surface area contributed by atoms with Gasteiger partial charge in [0.05, 0.1) is 0 Å². The van der Waals surface area contributed by atoms with Crippen LogP contribution >= 0.6 is 0 Å². The van der Waals surface area contributed by atoms with Gasteiger partial charge in [0, 0.05) is 23.6 Å². The molecule has 0 radical (unpaired) electrons. The third-order valence-electron chi connectivity index (χ3n) is 2.88. The van der Waals surface area contributed by atoms with Crippen molar-refractivity contribution in [2.24, 2.45) is 0 Å². The smallest absolute Gasteiger partial charge is 0.213 e. The number of aromatic nitrogens is 1. The first-order valence-corrected chi connectivity index (χ1v) is 6.38. The van der Waals surface area contributed by atoms with Crippen LogP contribution in [0.2, 0.25) is 0 Å². The Morgan fingerprint density at radius 2 is 1.85 bits per heavy atom. The lowest BCUT2D eigenvalue weighted by Crippen LogP contribution is -2.04. The van der Waals surface area contributed by atoms with Gasteiger partial charge in [0.1, 0.15) is 6.61 Å². The molecule has 0 aliphatic heterocycles. The van der Waals surface area contributed by atoms with Gasteiger partial charge in [-0.15, -0.1) is 0 Å². The monoisotopic (exact) mass is 272 g/mol. The van der Waals surface area contributed by atoms with Gasteiger partial charge in [0.2, 0.25) is 12.4 Å². The lowest BCUT2D eigenvalue weighted by atomic mass is 10.1. The number of aryl methyl sites for hydroxylation is 1. The molecule has 2 rings (SSSR count). The first-order chi connectivity index (χ1) is 9.63. The molecule has 5 heteroatoms. The summed E-state index contributed by atoms with van der Waals surface area (Å²) in [4.78, 5) is 14.2. The van der Waals surface area contributed by atoms with Crippen LogP contribution in [0.5, 0.6) is 5.88 Å². The van der Waals surface area contributed by atoms with Gasteiger partial charge in [0.25, 0.3) is 0 Å². The molecule has 0 aliphatic carbocycles. The summed E-state index contributed by atoms with van der Waals surface area (Å²) in [6.45, 7) is 2.37. The summed E-state index contributed by atoms with van der Waals surface area (Å²) >= 11 is 0. The van der Waals surface area contributed by atoms with Crippen molar-refractivity contribution in [3.8, 4) is 5.88 Å². The summed E-state index contributed by atoms with van der Waals surface area (Å²) in [7, 11) is 0. The Hall–Kier alpha value is -2.43. The van der Waals surface area contributed by atoms with Gasteiger partial charge in [-0.1, -0.05) is 30.3 Å². The van der Waals surface area contributed by atoms with Crippen molar-refractivity contribution in [3.05, 3.63) is 69.4 Å². The summed E-state index contributed by atoms with van der Waals surface area (Å²) in [5, 5.41) is 10.3. The Labute approximate surface area is 117 Å². The molecule has 2 aromatic rings. The second-order valence-electron chi connectivity index (χ2n) is 4.59. The molecule has 0 unspecified atom stereocenters. The van der Waals surface area contributed by atoms with Crippen molar-refractivity contribution in [3.63, 3.8) is 0 Å². The fourth-order valence-corrected chi connectivity index (χ4v) is 1.72. The van der Waals surface area contributed by atoms with E-state index in [9.17, 15) is 10.1 Å². The zero-order valence-electron chi connectivity index (χ0n) is 11.3. The summed E-state index contributed by atoms with van der Waals surface area (Å²) < 4.78 is 5.57. The van der Waals surface area contributed by atoms with Crippen molar-refractivity contribution < 1.29 is 9.66 Å². The van der Waals surface area contributed by atoms with Crippen LogP contribution in [0.15, 0.2) is 42.6 Å². The second-order valence-corrected chi connectivity index (χ2v) is 4.59. The second kappa shape index (κ2) is 6.65.